The highest BCUT2D eigenvalue weighted by atomic mass is 16.5. The topological polar surface area (TPSA) is 61.9 Å². The van der Waals surface area contributed by atoms with Crippen molar-refractivity contribution in [1.29, 1.82) is 0 Å². The van der Waals surface area contributed by atoms with Crippen LogP contribution >= 0.6 is 0 Å². The van der Waals surface area contributed by atoms with Crippen LogP contribution in [0.3, 0.4) is 0 Å². The van der Waals surface area contributed by atoms with Crippen LogP contribution in [0.1, 0.15) is 31.1 Å². The monoisotopic (exact) mass is 409 g/mol. The van der Waals surface area contributed by atoms with Crippen molar-refractivity contribution in [2.45, 2.75) is 26.8 Å². The molecular weight excluding hydrogens is 378 g/mol. The zero-order chi connectivity index (χ0) is 21.5. The van der Waals surface area contributed by atoms with Crippen molar-refractivity contribution < 1.29 is 14.3 Å². The molecule has 0 unspecified atom stereocenters. The molecule has 0 radical (unpaired) electrons. The maximum Gasteiger partial charge on any atom is 0.255 e. The highest BCUT2D eigenvalue weighted by Gasteiger charge is 2.31. The quantitative estimate of drug-likeness (QED) is 0.763. The summed E-state index contributed by atoms with van der Waals surface area (Å²) in [7, 11) is 0. The predicted octanol–water partition coefficient (Wildman–Crippen LogP) is 3.19. The zero-order valence-electron chi connectivity index (χ0n) is 18.0. The SMILES string of the molecule is CCOc1ccccc1C(=O)N[C@H](C(=O)N1CCN(c2ccccc2)CC1)C(C)C. The van der Waals surface area contributed by atoms with Crippen LogP contribution < -0.4 is 15.0 Å². The molecule has 0 bridgehead atoms. The van der Waals surface area contributed by atoms with Crippen molar-refractivity contribution in [2.24, 2.45) is 5.92 Å². The summed E-state index contributed by atoms with van der Waals surface area (Å²) in [6.07, 6.45) is 0. The van der Waals surface area contributed by atoms with Gasteiger partial charge in [0.25, 0.3) is 5.91 Å². The molecule has 6 heteroatoms. The summed E-state index contributed by atoms with van der Waals surface area (Å²) in [4.78, 5) is 30.3. The Morgan fingerprint density at radius 1 is 0.967 bits per heavy atom. The van der Waals surface area contributed by atoms with E-state index in [4.69, 9.17) is 4.74 Å². The molecule has 30 heavy (non-hydrogen) atoms. The van der Waals surface area contributed by atoms with E-state index in [2.05, 4.69) is 22.3 Å². The van der Waals surface area contributed by atoms with Crippen molar-refractivity contribution in [3.8, 4) is 5.75 Å². The number of carbonyl (C=O) groups excluding carboxylic acids is 2. The summed E-state index contributed by atoms with van der Waals surface area (Å²) in [5.41, 5.74) is 1.62. The molecule has 1 saturated heterocycles. The fourth-order valence-corrected chi connectivity index (χ4v) is 3.69. The molecule has 1 heterocycles. The number of carbonyl (C=O) groups is 2. The van der Waals surface area contributed by atoms with Crippen LogP contribution in [0.2, 0.25) is 0 Å². The standard InChI is InChI=1S/C24H31N3O3/c1-4-30-21-13-9-8-12-20(21)23(28)25-22(18(2)3)24(29)27-16-14-26(15-17-27)19-10-6-5-7-11-19/h5-13,18,22H,4,14-17H2,1-3H3,(H,25,28)/t22-/m0/s1. The molecular formula is C24H31N3O3. The summed E-state index contributed by atoms with van der Waals surface area (Å²) in [6.45, 7) is 9.11. The average Bonchev–Trinajstić information content (AvgIpc) is 2.78. The van der Waals surface area contributed by atoms with Gasteiger partial charge in [0.2, 0.25) is 5.91 Å². The van der Waals surface area contributed by atoms with Crippen LogP contribution in [0.5, 0.6) is 5.75 Å². The fourth-order valence-electron chi connectivity index (χ4n) is 3.69. The lowest BCUT2D eigenvalue weighted by Gasteiger charge is -2.38. The molecule has 0 aliphatic carbocycles. The van der Waals surface area contributed by atoms with Gasteiger partial charge >= 0.3 is 0 Å². The number of nitrogens with one attached hydrogen (secondary N) is 1. The van der Waals surface area contributed by atoms with E-state index in [1.54, 1.807) is 18.2 Å². The van der Waals surface area contributed by atoms with Crippen LogP contribution in [-0.2, 0) is 4.79 Å². The van der Waals surface area contributed by atoms with Gasteiger partial charge in [0.15, 0.2) is 0 Å². The van der Waals surface area contributed by atoms with Crippen molar-refractivity contribution in [2.75, 3.05) is 37.7 Å². The summed E-state index contributed by atoms with van der Waals surface area (Å²) in [5, 5.41) is 2.95. The van der Waals surface area contributed by atoms with Crippen LogP contribution in [0.4, 0.5) is 5.69 Å². The lowest BCUT2D eigenvalue weighted by Crippen LogP contribution is -2.56. The molecule has 0 saturated carbocycles. The van der Waals surface area contributed by atoms with Gasteiger partial charge in [0.1, 0.15) is 11.8 Å². The van der Waals surface area contributed by atoms with E-state index in [0.717, 1.165) is 13.1 Å². The number of para-hydroxylation sites is 2. The predicted molar refractivity (Wildman–Crippen MR) is 119 cm³/mol. The minimum absolute atomic E-state index is 0.0205. The van der Waals surface area contributed by atoms with Gasteiger partial charge in [-0.15, -0.1) is 0 Å². The maximum atomic E-state index is 13.2. The second kappa shape index (κ2) is 10.1. The first-order valence-corrected chi connectivity index (χ1v) is 10.6. The van der Waals surface area contributed by atoms with Crippen LogP contribution in [0.25, 0.3) is 0 Å². The van der Waals surface area contributed by atoms with Gasteiger partial charge in [0.05, 0.1) is 12.2 Å². The Morgan fingerprint density at radius 2 is 1.60 bits per heavy atom. The maximum absolute atomic E-state index is 13.2. The number of amides is 2. The first-order chi connectivity index (χ1) is 14.5. The van der Waals surface area contributed by atoms with E-state index in [9.17, 15) is 9.59 Å². The molecule has 1 aliphatic heterocycles. The molecule has 0 spiro atoms. The number of nitrogens with zero attached hydrogens (tertiary/aromatic N) is 2. The molecule has 1 atom stereocenters. The third-order valence-electron chi connectivity index (χ3n) is 5.36. The Balaban J connectivity index is 1.65. The Hall–Kier alpha value is -3.02. The molecule has 6 nitrogen and oxygen atoms in total. The van der Waals surface area contributed by atoms with E-state index in [-0.39, 0.29) is 17.7 Å². The van der Waals surface area contributed by atoms with E-state index in [1.807, 2.05) is 49.9 Å². The first-order valence-electron chi connectivity index (χ1n) is 10.6. The lowest BCUT2D eigenvalue weighted by molar-refractivity contribution is -0.134. The van der Waals surface area contributed by atoms with Gasteiger partial charge in [0, 0.05) is 31.9 Å². The summed E-state index contributed by atoms with van der Waals surface area (Å²) in [6, 6.07) is 16.8. The normalized spacial score (nSPS) is 15.1. The van der Waals surface area contributed by atoms with E-state index >= 15 is 0 Å². The summed E-state index contributed by atoms with van der Waals surface area (Å²) in [5.74, 6) is 0.200. The molecule has 2 amide bonds. The van der Waals surface area contributed by atoms with E-state index in [1.165, 1.54) is 5.69 Å². The fraction of sp³-hybridized carbons (Fsp3) is 0.417. The zero-order valence-corrected chi connectivity index (χ0v) is 18.0. The smallest absolute Gasteiger partial charge is 0.255 e. The number of rotatable bonds is 7. The van der Waals surface area contributed by atoms with Gasteiger partial charge in [-0.1, -0.05) is 44.2 Å². The minimum atomic E-state index is -0.574. The van der Waals surface area contributed by atoms with Gasteiger partial charge in [-0.3, -0.25) is 9.59 Å². The van der Waals surface area contributed by atoms with Crippen LogP contribution in [0, 0.1) is 5.92 Å². The highest BCUT2D eigenvalue weighted by Crippen LogP contribution is 2.20. The molecule has 1 fully saturated rings. The largest absolute Gasteiger partial charge is 0.493 e. The summed E-state index contributed by atoms with van der Waals surface area (Å²) < 4.78 is 5.57. The molecule has 2 aromatic rings. The number of hydrogen-bond acceptors (Lipinski definition) is 4. The number of hydrogen-bond donors (Lipinski definition) is 1. The number of ether oxygens (including phenoxy) is 1. The van der Waals surface area contributed by atoms with Crippen LogP contribution in [0.15, 0.2) is 54.6 Å². The second-order valence-electron chi connectivity index (χ2n) is 7.77. The lowest BCUT2D eigenvalue weighted by atomic mass is 10.0. The third kappa shape index (κ3) is 5.12. The van der Waals surface area contributed by atoms with Gasteiger partial charge in [-0.05, 0) is 37.1 Å². The summed E-state index contributed by atoms with van der Waals surface area (Å²) >= 11 is 0. The van der Waals surface area contributed by atoms with Crippen molar-refractivity contribution >= 4 is 17.5 Å². The Bertz CT molecular complexity index is 846. The number of piperazine rings is 1. The molecule has 1 aliphatic rings. The van der Waals surface area contributed by atoms with Gasteiger partial charge in [-0.25, -0.2) is 0 Å². The Morgan fingerprint density at radius 3 is 2.23 bits per heavy atom. The molecule has 0 aromatic heterocycles. The molecule has 160 valence electrons. The van der Waals surface area contributed by atoms with Gasteiger partial charge < -0.3 is 19.9 Å². The molecule has 2 aromatic carbocycles. The number of anilines is 1. The minimum Gasteiger partial charge on any atom is -0.493 e. The molecule has 1 N–H and O–H groups in total. The van der Waals surface area contributed by atoms with Crippen LogP contribution in [-0.4, -0.2) is 55.5 Å². The number of benzene rings is 2. The average molecular weight is 410 g/mol. The highest BCUT2D eigenvalue weighted by molar-refractivity contribution is 5.99. The van der Waals surface area contributed by atoms with Crippen molar-refractivity contribution in [3.05, 3.63) is 60.2 Å². The van der Waals surface area contributed by atoms with Crippen molar-refractivity contribution in [3.63, 3.8) is 0 Å². The van der Waals surface area contributed by atoms with Crippen molar-refractivity contribution in [1.82, 2.24) is 10.2 Å². The Labute approximate surface area is 178 Å². The van der Waals surface area contributed by atoms with Gasteiger partial charge in [-0.2, -0.15) is 0 Å². The van der Waals surface area contributed by atoms with E-state index in [0.29, 0.717) is 31.0 Å². The second-order valence-corrected chi connectivity index (χ2v) is 7.77. The molecule has 3 rings (SSSR count). The third-order valence-corrected chi connectivity index (χ3v) is 5.36. The Kier molecular flexibility index (Phi) is 7.33. The van der Waals surface area contributed by atoms with E-state index < -0.39 is 6.04 Å². The first kappa shape index (κ1) is 21.7.